The third kappa shape index (κ3) is 3.96. The average Bonchev–Trinajstić information content (AvgIpc) is 2.38. The van der Waals surface area contributed by atoms with Gasteiger partial charge in [-0.15, -0.1) is 0 Å². The van der Waals surface area contributed by atoms with E-state index in [-0.39, 0.29) is 12.7 Å². The molecule has 0 fully saturated rings. The van der Waals surface area contributed by atoms with E-state index in [2.05, 4.69) is 5.32 Å². The number of ether oxygens (including phenoxy) is 1. The van der Waals surface area contributed by atoms with E-state index in [1.165, 1.54) is 0 Å². The van der Waals surface area contributed by atoms with Crippen molar-refractivity contribution in [1.82, 2.24) is 5.32 Å². The standard InChI is InChI=1S/C14H22FNO2/c1-10-9-12(5-6-13(10)18-3)14(17)11(2)16-8-4-7-15/h5-6,9,11,14,16-17H,4,7-8H2,1-3H3. The number of rotatable bonds is 7. The van der Waals surface area contributed by atoms with Crippen molar-refractivity contribution in [2.75, 3.05) is 20.3 Å². The molecule has 102 valence electrons. The zero-order chi connectivity index (χ0) is 13.5. The molecule has 3 nitrogen and oxygen atoms in total. The number of benzene rings is 1. The van der Waals surface area contributed by atoms with Crippen molar-refractivity contribution < 1.29 is 14.2 Å². The summed E-state index contributed by atoms with van der Waals surface area (Å²) in [4.78, 5) is 0. The average molecular weight is 255 g/mol. The number of hydrogen-bond donors (Lipinski definition) is 2. The van der Waals surface area contributed by atoms with Crippen LogP contribution in [0.3, 0.4) is 0 Å². The van der Waals surface area contributed by atoms with E-state index in [1.807, 2.05) is 32.0 Å². The highest BCUT2D eigenvalue weighted by atomic mass is 19.1. The van der Waals surface area contributed by atoms with Gasteiger partial charge in [0, 0.05) is 6.04 Å². The van der Waals surface area contributed by atoms with Gasteiger partial charge >= 0.3 is 0 Å². The summed E-state index contributed by atoms with van der Waals surface area (Å²) in [5.41, 5.74) is 1.83. The summed E-state index contributed by atoms with van der Waals surface area (Å²) >= 11 is 0. The van der Waals surface area contributed by atoms with E-state index in [4.69, 9.17) is 4.74 Å². The smallest absolute Gasteiger partial charge is 0.121 e. The Bertz CT molecular complexity index is 371. The van der Waals surface area contributed by atoms with E-state index in [9.17, 15) is 9.50 Å². The largest absolute Gasteiger partial charge is 0.496 e. The number of aliphatic hydroxyl groups is 1. The molecule has 0 heterocycles. The Morgan fingerprint density at radius 1 is 1.44 bits per heavy atom. The molecule has 1 rings (SSSR count). The van der Waals surface area contributed by atoms with Crippen molar-refractivity contribution in [1.29, 1.82) is 0 Å². The zero-order valence-electron chi connectivity index (χ0n) is 11.2. The lowest BCUT2D eigenvalue weighted by Gasteiger charge is -2.21. The minimum Gasteiger partial charge on any atom is -0.496 e. The Morgan fingerprint density at radius 3 is 2.72 bits per heavy atom. The monoisotopic (exact) mass is 255 g/mol. The summed E-state index contributed by atoms with van der Waals surface area (Å²) in [5.74, 6) is 0.809. The molecule has 2 N–H and O–H groups in total. The fourth-order valence-corrected chi connectivity index (χ4v) is 1.88. The van der Waals surface area contributed by atoms with Crippen LogP contribution in [0.4, 0.5) is 4.39 Å². The van der Waals surface area contributed by atoms with Gasteiger partial charge in [-0.3, -0.25) is 4.39 Å². The van der Waals surface area contributed by atoms with E-state index in [0.717, 1.165) is 16.9 Å². The van der Waals surface area contributed by atoms with Crippen LogP contribution in [0.2, 0.25) is 0 Å². The second-order valence-electron chi connectivity index (χ2n) is 4.46. The molecule has 0 saturated carbocycles. The predicted molar refractivity (Wildman–Crippen MR) is 70.7 cm³/mol. The number of alkyl halides is 1. The Balaban J connectivity index is 2.65. The van der Waals surface area contributed by atoms with Crippen LogP contribution < -0.4 is 10.1 Å². The van der Waals surface area contributed by atoms with Gasteiger partial charge in [-0.05, 0) is 50.1 Å². The minimum absolute atomic E-state index is 0.107. The van der Waals surface area contributed by atoms with E-state index < -0.39 is 6.10 Å². The highest BCUT2D eigenvalue weighted by Gasteiger charge is 2.16. The van der Waals surface area contributed by atoms with Crippen molar-refractivity contribution in [2.45, 2.75) is 32.4 Å². The summed E-state index contributed by atoms with van der Waals surface area (Å²) < 4.78 is 17.2. The molecule has 0 bridgehead atoms. The molecule has 0 aliphatic heterocycles. The topological polar surface area (TPSA) is 41.5 Å². The molecule has 1 aromatic carbocycles. The quantitative estimate of drug-likeness (QED) is 0.735. The molecular formula is C14H22FNO2. The van der Waals surface area contributed by atoms with Crippen molar-refractivity contribution in [2.24, 2.45) is 0 Å². The molecule has 2 unspecified atom stereocenters. The van der Waals surface area contributed by atoms with Crippen LogP contribution in [0, 0.1) is 6.92 Å². The Morgan fingerprint density at radius 2 is 2.17 bits per heavy atom. The van der Waals surface area contributed by atoms with Crippen LogP contribution in [-0.4, -0.2) is 31.5 Å². The van der Waals surface area contributed by atoms with Crippen molar-refractivity contribution in [3.05, 3.63) is 29.3 Å². The van der Waals surface area contributed by atoms with Crippen LogP contribution in [0.25, 0.3) is 0 Å². The number of methoxy groups -OCH3 is 1. The van der Waals surface area contributed by atoms with Crippen molar-refractivity contribution >= 4 is 0 Å². The molecule has 0 saturated heterocycles. The first-order valence-electron chi connectivity index (χ1n) is 6.22. The zero-order valence-corrected chi connectivity index (χ0v) is 11.2. The molecular weight excluding hydrogens is 233 g/mol. The maximum Gasteiger partial charge on any atom is 0.121 e. The third-order valence-corrected chi connectivity index (χ3v) is 3.01. The van der Waals surface area contributed by atoms with Gasteiger partial charge in [-0.1, -0.05) is 6.07 Å². The van der Waals surface area contributed by atoms with E-state index >= 15 is 0 Å². The van der Waals surface area contributed by atoms with Gasteiger partial charge in [0.2, 0.25) is 0 Å². The number of hydrogen-bond acceptors (Lipinski definition) is 3. The van der Waals surface area contributed by atoms with Gasteiger partial charge in [-0.2, -0.15) is 0 Å². The molecule has 4 heteroatoms. The highest BCUT2D eigenvalue weighted by Crippen LogP contribution is 2.24. The summed E-state index contributed by atoms with van der Waals surface area (Å²) in [7, 11) is 1.62. The van der Waals surface area contributed by atoms with Gasteiger partial charge in [-0.25, -0.2) is 0 Å². The van der Waals surface area contributed by atoms with Crippen LogP contribution in [-0.2, 0) is 0 Å². The summed E-state index contributed by atoms with van der Waals surface area (Å²) in [6.45, 7) is 4.07. The molecule has 0 radical (unpaired) electrons. The Kier molecular flexibility index (Phi) is 6.09. The van der Waals surface area contributed by atoms with Gasteiger partial charge < -0.3 is 15.2 Å². The lowest BCUT2D eigenvalue weighted by molar-refractivity contribution is 0.135. The SMILES string of the molecule is COc1ccc(C(O)C(C)NCCCF)cc1C. The predicted octanol–water partition coefficient (Wildman–Crippen LogP) is 2.37. The number of aryl methyl sites for hydroxylation is 1. The summed E-state index contributed by atoms with van der Waals surface area (Å²) in [5, 5.41) is 13.3. The second kappa shape index (κ2) is 7.34. The lowest BCUT2D eigenvalue weighted by Crippen LogP contribution is -2.33. The second-order valence-corrected chi connectivity index (χ2v) is 4.46. The minimum atomic E-state index is -0.603. The van der Waals surface area contributed by atoms with Crippen LogP contribution in [0.15, 0.2) is 18.2 Å². The molecule has 0 aliphatic carbocycles. The highest BCUT2D eigenvalue weighted by molar-refractivity contribution is 5.37. The fraction of sp³-hybridized carbons (Fsp3) is 0.571. The molecule has 1 aromatic rings. The first kappa shape index (κ1) is 14.9. The molecule has 18 heavy (non-hydrogen) atoms. The maximum atomic E-state index is 12.0. The third-order valence-electron chi connectivity index (χ3n) is 3.01. The normalized spacial score (nSPS) is 14.3. The van der Waals surface area contributed by atoms with Crippen LogP contribution in [0.5, 0.6) is 5.75 Å². The van der Waals surface area contributed by atoms with E-state index in [0.29, 0.717) is 13.0 Å². The summed E-state index contributed by atoms with van der Waals surface area (Å²) in [6, 6.07) is 5.51. The van der Waals surface area contributed by atoms with Crippen LogP contribution in [0.1, 0.15) is 30.6 Å². The first-order valence-corrected chi connectivity index (χ1v) is 6.22. The van der Waals surface area contributed by atoms with Gasteiger partial charge in [0.1, 0.15) is 5.75 Å². The van der Waals surface area contributed by atoms with Crippen LogP contribution >= 0.6 is 0 Å². The molecule has 0 spiro atoms. The molecule has 0 aliphatic rings. The molecule has 2 atom stereocenters. The Hall–Kier alpha value is -1.13. The van der Waals surface area contributed by atoms with E-state index in [1.54, 1.807) is 7.11 Å². The fourth-order valence-electron chi connectivity index (χ4n) is 1.88. The van der Waals surface area contributed by atoms with Crippen molar-refractivity contribution in [3.63, 3.8) is 0 Å². The number of nitrogens with one attached hydrogen (secondary N) is 1. The first-order chi connectivity index (χ1) is 8.60. The van der Waals surface area contributed by atoms with Gasteiger partial charge in [0.25, 0.3) is 0 Å². The maximum absolute atomic E-state index is 12.0. The number of aliphatic hydroxyl groups excluding tert-OH is 1. The molecule has 0 amide bonds. The molecule has 0 aromatic heterocycles. The van der Waals surface area contributed by atoms with Gasteiger partial charge in [0.15, 0.2) is 0 Å². The van der Waals surface area contributed by atoms with Crippen molar-refractivity contribution in [3.8, 4) is 5.75 Å². The number of halogens is 1. The summed E-state index contributed by atoms with van der Waals surface area (Å²) in [6.07, 6.45) is -0.132. The van der Waals surface area contributed by atoms with Gasteiger partial charge in [0.05, 0.1) is 19.9 Å². The lowest BCUT2D eigenvalue weighted by atomic mass is 10.0. The Labute approximate surface area is 108 Å².